The van der Waals surface area contributed by atoms with Crippen molar-refractivity contribution in [3.63, 3.8) is 0 Å². The lowest BCUT2D eigenvalue weighted by atomic mass is 10.0. The zero-order chi connectivity index (χ0) is 9.84. The van der Waals surface area contributed by atoms with Gasteiger partial charge in [0.05, 0.1) is 0 Å². The van der Waals surface area contributed by atoms with E-state index in [2.05, 4.69) is 12.3 Å². The molecule has 0 aliphatic rings. The Labute approximate surface area is 77.9 Å². The van der Waals surface area contributed by atoms with Gasteiger partial charge in [0.25, 0.3) is 5.91 Å². The minimum atomic E-state index is -0.229. The SMILES string of the molecule is CCc1ccc(C)c(C(=O)NN)c1. The fourth-order valence-electron chi connectivity index (χ4n) is 1.21. The van der Waals surface area contributed by atoms with Crippen molar-refractivity contribution in [3.05, 3.63) is 34.9 Å². The summed E-state index contributed by atoms with van der Waals surface area (Å²) in [6.45, 7) is 3.94. The molecule has 0 saturated heterocycles. The smallest absolute Gasteiger partial charge is 0.265 e. The number of hydrazine groups is 1. The number of amides is 1. The number of carbonyl (C=O) groups is 1. The van der Waals surface area contributed by atoms with Crippen molar-refractivity contribution in [2.45, 2.75) is 20.3 Å². The largest absolute Gasteiger partial charge is 0.290 e. The molecule has 1 amide bonds. The number of hydrogen-bond donors (Lipinski definition) is 2. The molecule has 0 atom stereocenters. The Bertz CT molecular complexity index is 321. The Hall–Kier alpha value is -1.35. The van der Waals surface area contributed by atoms with E-state index in [4.69, 9.17) is 5.84 Å². The van der Waals surface area contributed by atoms with Crippen LogP contribution in [-0.4, -0.2) is 5.91 Å². The van der Waals surface area contributed by atoms with Gasteiger partial charge in [-0.25, -0.2) is 5.84 Å². The molecule has 0 fully saturated rings. The molecule has 3 heteroatoms. The maximum Gasteiger partial charge on any atom is 0.265 e. The molecule has 3 N–H and O–H groups in total. The highest BCUT2D eigenvalue weighted by Crippen LogP contribution is 2.11. The molecule has 0 aliphatic heterocycles. The van der Waals surface area contributed by atoms with Gasteiger partial charge in [-0.1, -0.05) is 19.1 Å². The standard InChI is InChI=1S/C10H14N2O/c1-3-8-5-4-7(2)9(6-8)10(13)12-11/h4-6H,3,11H2,1-2H3,(H,12,13). The third-order valence-corrected chi connectivity index (χ3v) is 2.09. The molecule has 13 heavy (non-hydrogen) atoms. The fourth-order valence-corrected chi connectivity index (χ4v) is 1.21. The van der Waals surface area contributed by atoms with Crippen LogP contribution in [0.1, 0.15) is 28.4 Å². The molecule has 1 aromatic rings. The van der Waals surface area contributed by atoms with E-state index in [0.717, 1.165) is 17.5 Å². The molecule has 0 unspecified atom stereocenters. The first-order chi connectivity index (χ1) is 6.19. The molecule has 1 aromatic carbocycles. The van der Waals surface area contributed by atoms with E-state index in [1.807, 2.05) is 25.1 Å². The monoisotopic (exact) mass is 178 g/mol. The summed E-state index contributed by atoms with van der Waals surface area (Å²) < 4.78 is 0. The number of hydrogen-bond acceptors (Lipinski definition) is 2. The number of carbonyl (C=O) groups excluding carboxylic acids is 1. The van der Waals surface area contributed by atoms with E-state index < -0.39 is 0 Å². The van der Waals surface area contributed by atoms with Crippen LogP contribution in [0.2, 0.25) is 0 Å². The molecule has 0 heterocycles. The minimum absolute atomic E-state index is 0.229. The Morgan fingerprint density at radius 3 is 2.77 bits per heavy atom. The van der Waals surface area contributed by atoms with Gasteiger partial charge in [0.2, 0.25) is 0 Å². The average Bonchev–Trinajstić information content (AvgIpc) is 2.17. The Morgan fingerprint density at radius 2 is 2.23 bits per heavy atom. The van der Waals surface area contributed by atoms with Crippen LogP contribution in [0.15, 0.2) is 18.2 Å². The summed E-state index contributed by atoms with van der Waals surface area (Å²) in [5.74, 6) is 4.84. The van der Waals surface area contributed by atoms with Gasteiger partial charge in [0, 0.05) is 5.56 Å². The van der Waals surface area contributed by atoms with Crippen molar-refractivity contribution in [2.24, 2.45) is 5.84 Å². The summed E-state index contributed by atoms with van der Waals surface area (Å²) in [5.41, 5.74) is 4.88. The van der Waals surface area contributed by atoms with E-state index in [1.54, 1.807) is 0 Å². The van der Waals surface area contributed by atoms with E-state index in [-0.39, 0.29) is 5.91 Å². The summed E-state index contributed by atoms with van der Waals surface area (Å²) in [5, 5.41) is 0. The van der Waals surface area contributed by atoms with Gasteiger partial charge in [-0.15, -0.1) is 0 Å². The molecule has 0 radical (unpaired) electrons. The quantitative estimate of drug-likeness (QED) is 0.405. The normalized spacial score (nSPS) is 9.77. The summed E-state index contributed by atoms with van der Waals surface area (Å²) in [4.78, 5) is 11.3. The van der Waals surface area contributed by atoms with Crippen molar-refractivity contribution in [1.29, 1.82) is 0 Å². The van der Waals surface area contributed by atoms with E-state index >= 15 is 0 Å². The van der Waals surface area contributed by atoms with Crippen LogP contribution >= 0.6 is 0 Å². The first-order valence-corrected chi connectivity index (χ1v) is 4.29. The number of benzene rings is 1. The second-order valence-electron chi connectivity index (χ2n) is 2.98. The molecule has 0 aliphatic carbocycles. The van der Waals surface area contributed by atoms with Crippen molar-refractivity contribution in [2.75, 3.05) is 0 Å². The predicted octanol–water partition coefficient (Wildman–Crippen LogP) is 1.16. The van der Waals surface area contributed by atoms with Crippen LogP contribution in [0.5, 0.6) is 0 Å². The second-order valence-corrected chi connectivity index (χ2v) is 2.98. The molecule has 1 rings (SSSR count). The Kier molecular flexibility index (Phi) is 3.03. The summed E-state index contributed by atoms with van der Waals surface area (Å²) in [6, 6.07) is 5.82. The molecular formula is C10H14N2O. The van der Waals surface area contributed by atoms with E-state index in [9.17, 15) is 4.79 Å². The fraction of sp³-hybridized carbons (Fsp3) is 0.300. The van der Waals surface area contributed by atoms with Crippen molar-refractivity contribution < 1.29 is 4.79 Å². The maximum absolute atomic E-state index is 11.3. The van der Waals surface area contributed by atoms with Gasteiger partial charge in [-0.3, -0.25) is 10.2 Å². The minimum Gasteiger partial charge on any atom is -0.290 e. The highest BCUT2D eigenvalue weighted by molar-refractivity contribution is 5.95. The van der Waals surface area contributed by atoms with Gasteiger partial charge in [0.15, 0.2) is 0 Å². The number of rotatable bonds is 2. The number of nitrogens with one attached hydrogen (secondary N) is 1. The highest BCUT2D eigenvalue weighted by Gasteiger charge is 2.06. The summed E-state index contributed by atoms with van der Waals surface area (Å²) >= 11 is 0. The molecule has 0 saturated carbocycles. The number of nitrogens with two attached hydrogens (primary N) is 1. The molecular weight excluding hydrogens is 164 g/mol. The van der Waals surface area contributed by atoms with Crippen molar-refractivity contribution in [3.8, 4) is 0 Å². The van der Waals surface area contributed by atoms with Gasteiger partial charge in [0.1, 0.15) is 0 Å². The lowest BCUT2D eigenvalue weighted by molar-refractivity contribution is 0.0953. The molecule has 0 aromatic heterocycles. The molecule has 3 nitrogen and oxygen atoms in total. The van der Waals surface area contributed by atoms with E-state index in [1.165, 1.54) is 0 Å². The highest BCUT2D eigenvalue weighted by atomic mass is 16.2. The first-order valence-electron chi connectivity index (χ1n) is 4.29. The van der Waals surface area contributed by atoms with Crippen molar-refractivity contribution >= 4 is 5.91 Å². The van der Waals surface area contributed by atoms with Gasteiger partial charge < -0.3 is 0 Å². The van der Waals surface area contributed by atoms with Gasteiger partial charge >= 0.3 is 0 Å². The van der Waals surface area contributed by atoms with Crippen LogP contribution in [0.25, 0.3) is 0 Å². The Balaban J connectivity index is 3.11. The third-order valence-electron chi connectivity index (χ3n) is 2.09. The number of nitrogen functional groups attached to an aromatic ring is 1. The average molecular weight is 178 g/mol. The van der Waals surface area contributed by atoms with Crippen LogP contribution < -0.4 is 11.3 Å². The van der Waals surface area contributed by atoms with Crippen LogP contribution in [0.3, 0.4) is 0 Å². The first kappa shape index (κ1) is 9.74. The molecule has 70 valence electrons. The predicted molar refractivity (Wildman–Crippen MR) is 52.2 cm³/mol. The lowest BCUT2D eigenvalue weighted by Gasteiger charge is -2.05. The second kappa shape index (κ2) is 4.05. The van der Waals surface area contributed by atoms with Crippen LogP contribution in [0, 0.1) is 6.92 Å². The third kappa shape index (κ3) is 2.06. The molecule has 0 bridgehead atoms. The summed E-state index contributed by atoms with van der Waals surface area (Å²) in [6.07, 6.45) is 0.922. The van der Waals surface area contributed by atoms with E-state index in [0.29, 0.717) is 5.56 Å². The van der Waals surface area contributed by atoms with Gasteiger partial charge in [-0.05, 0) is 30.5 Å². The van der Waals surface area contributed by atoms with Crippen LogP contribution in [0.4, 0.5) is 0 Å². The topological polar surface area (TPSA) is 55.1 Å². The summed E-state index contributed by atoms with van der Waals surface area (Å²) in [7, 11) is 0. The van der Waals surface area contributed by atoms with Crippen LogP contribution in [-0.2, 0) is 6.42 Å². The van der Waals surface area contributed by atoms with Gasteiger partial charge in [-0.2, -0.15) is 0 Å². The maximum atomic E-state index is 11.3. The lowest BCUT2D eigenvalue weighted by Crippen LogP contribution is -2.30. The van der Waals surface area contributed by atoms with Crippen molar-refractivity contribution in [1.82, 2.24) is 5.43 Å². The zero-order valence-corrected chi connectivity index (χ0v) is 7.92. The molecule has 0 spiro atoms. The number of aryl methyl sites for hydroxylation is 2. The zero-order valence-electron chi connectivity index (χ0n) is 7.92. The Morgan fingerprint density at radius 1 is 1.54 bits per heavy atom.